The molecule has 7 nitrogen and oxygen atoms in total. The van der Waals surface area contributed by atoms with E-state index in [1.807, 2.05) is 0 Å². The minimum absolute atomic E-state index is 0.200. The van der Waals surface area contributed by atoms with Crippen molar-refractivity contribution in [2.24, 2.45) is 5.92 Å². The molecule has 9 heteroatoms. The molecule has 1 aromatic rings. The van der Waals surface area contributed by atoms with Crippen LogP contribution in [0.5, 0.6) is 0 Å². The second-order valence-corrected chi connectivity index (χ2v) is 10.6. The van der Waals surface area contributed by atoms with Crippen molar-refractivity contribution in [3.05, 3.63) is 22.5 Å². The molecule has 2 aliphatic heterocycles. The number of imidazole rings is 1. The topological polar surface area (TPSA) is 84.4 Å². The van der Waals surface area contributed by atoms with Crippen molar-refractivity contribution < 1.29 is 10.0 Å². The van der Waals surface area contributed by atoms with Crippen LogP contribution < -0.4 is 0 Å². The lowest BCUT2D eigenvalue weighted by molar-refractivity contribution is -0.397. The van der Waals surface area contributed by atoms with E-state index in [9.17, 15) is 15.2 Å². The Morgan fingerprint density at radius 1 is 1.18 bits per heavy atom. The van der Waals surface area contributed by atoms with Gasteiger partial charge in [-0.1, -0.05) is 86.5 Å². The predicted molar refractivity (Wildman–Crippen MR) is 133 cm³/mol. The van der Waals surface area contributed by atoms with Gasteiger partial charge in [0.05, 0.1) is 12.6 Å². The fraction of sp³-hybridized carbons (Fsp3) is 0.875. The Bertz CT molecular complexity index is 739. The molecule has 3 heterocycles. The molecule has 1 aromatic heterocycles. The fourth-order valence-corrected chi connectivity index (χ4v) is 5.82. The molecule has 0 aromatic carbocycles. The maximum absolute atomic E-state index is 11.1. The maximum Gasteiger partial charge on any atom is 0.434 e. The van der Waals surface area contributed by atoms with E-state index in [2.05, 4.69) is 24.4 Å². The molecule has 0 bridgehead atoms. The molecule has 1 N–H and O–H groups in total. The highest BCUT2D eigenvalue weighted by atomic mass is 16.6. The highest BCUT2D eigenvalue weighted by Gasteiger charge is 2.42. The molecule has 0 amide bonds. The number of hydrogen-bond donors (Lipinski definition) is 1. The molecular formula is C24H40B2N4O3. The number of rotatable bonds is 16. The number of nitro groups is 1. The summed E-state index contributed by atoms with van der Waals surface area (Å²) in [5.41, 5.74) is 0. The van der Waals surface area contributed by atoms with Gasteiger partial charge in [0.1, 0.15) is 27.0 Å². The zero-order valence-corrected chi connectivity index (χ0v) is 20.1. The molecule has 4 rings (SSSR count). The van der Waals surface area contributed by atoms with Gasteiger partial charge in [0, 0.05) is 6.54 Å². The quantitative estimate of drug-likeness (QED) is 0.171. The van der Waals surface area contributed by atoms with Gasteiger partial charge in [-0.3, -0.25) is 0 Å². The third-order valence-electron chi connectivity index (χ3n) is 7.88. The predicted octanol–water partition coefficient (Wildman–Crippen LogP) is 4.59. The van der Waals surface area contributed by atoms with Crippen LogP contribution in [0.25, 0.3) is 0 Å². The second-order valence-electron chi connectivity index (χ2n) is 10.6. The van der Waals surface area contributed by atoms with E-state index in [4.69, 9.17) is 0 Å². The van der Waals surface area contributed by atoms with Crippen LogP contribution in [0.15, 0.2) is 12.4 Å². The van der Waals surface area contributed by atoms with E-state index < -0.39 is 11.0 Å². The largest absolute Gasteiger partial charge is 0.434 e. The van der Waals surface area contributed by atoms with Crippen molar-refractivity contribution in [3.8, 4) is 0 Å². The zero-order chi connectivity index (χ0) is 23.0. The van der Waals surface area contributed by atoms with Crippen molar-refractivity contribution in [2.45, 2.75) is 107 Å². The van der Waals surface area contributed by atoms with Gasteiger partial charge >= 0.3 is 5.95 Å². The van der Waals surface area contributed by atoms with E-state index in [1.165, 1.54) is 74.9 Å². The first-order valence-corrected chi connectivity index (χ1v) is 13.3. The minimum Gasteiger partial charge on any atom is -0.390 e. The Morgan fingerprint density at radius 2 is 1.91 bits per heavy atom. The number of hydrogen-bond acceptors (Lipinski definition) is 5. The Kier molecular flexibility index (Phi) is 9.30. The molecule has 3 aliphatic rings. The SMILES string of the molecule is O=[N+]([O-])c1nccn1CC(O)CN(CCCCC1[B]C1)CCCCC1[B]C1C1CCCCC1. The maximum atomic E-state index is 11.1. The Balaban J connectivity index is 1.17. The molecule has 180 valence electrons. The standard InChI is InChI=1S/C24H40B2N4O3/c31-21(18-29-15-12-27-24(29)30(32)33)17-28(13-6-4-10-20-16-25-20)14-7-5-11-22-23(26-22)19-8-2-1-3-9-19/h12,15,19-23,31H,1-11,13-14,16-18H2. The summed E-state index contributed by atoms with van der Waals surface area (Å²) in [7, 11) is 4.99. The molecular weight excluding hydrogens is 414 g/mol. The first kappa shape index (κ1) is 24.8. The first-order chi connectivity index (χ1) is 16.1. The van der Waals surface area contributed by atoms with Crippen molar-refractivity contribution in [2.75, 3.05) is 19.6 Å². The van der Waals surface area contributed by atoms with Crippen molar-refractivity contribution in [1.82, 2.24) is 14.5 Å². The molecule has 0 spiro atoms. The van der Waals surface area contributed by atoms with Crippen LogP contribution >= 0.6 is 0 Å². The van der Waals surface area contributed by atoms with E-state index in [1.54, 1.807) is 6.20 Å². The highest BCUT2D eigenvalue weighted by molar-refractivity contribution is 6.53. The van der Waals surface area contributed by atoms with Gasteiger partial charge in [0.15, 0.2) is 0 Å². The molecule has 1 saturated carbocycles. The summed E-state index contributed by atoms with van der Waals surface area (Å²) in [4.78, 5) is 16.8. The number of aliphatic hydroxyl groups is 1. The van der Waals surface area contributed by atoms with E-state index in [0.717, 1.165) is 49.3 Å². The van der Waals surface area contributed by atoms with Crippen LogP contribution in [-0.4, -0.2) is 64.8 Å². The Hall–Kier alpha value is -1.34. The third-order valence-corrected chi connectivity index (χ3v) is 7.88. The molecule has 33 heavy (non-hydrogen) atoms. The van der Waals surface area contributed by atoms with Gasteiger partial charge in [0.25, 0.3) is 0 Å². The van der Waals surface area contributed by atoms with Crippen LogP contribution in [-0.2, 0) is 6.54 Å². The monoisotopic (exact) mass is 454 g/mol. The summed E-state index contributed by atoms with van der Waals surface area (Å²) >= 11 is 0. The van der Waals surface area contributed by atoms with Gasteiger partial charge in [-0.25, -0.2) is 4.57 Å². The van der Waals surface area contributed by atoms with Gasteiger partial charge < -0.3 is 20.1 Å². The van der Waals surface area contributed by atoms with Gasteiger partial charge in [-0.2, -0.15) is 0 Å². The number of aromatic nitrogens is 2. The van der Waals surface area contributed by atoms with Crippen molar-refractivity contribution >= 4 is 20.5 Å². The number of aliphatic hydroxyl groups excluding tert-OH is 1. The highest BCUT2D eigenvalue weighted by Crippen LogP contribution is 2.54. The fourth-order valence-electron chi connectivity index (χ4n) is 5.82. The van der Waals surface area contributed by atoms with E-state index in [-0.39, 0.29) is 12.5 Å². The summed E-state index contributed by atoms with van der Waals surface area (Å²) in [5.74, 6) is 3.36. The van der Waals surface area contributed by atoms with Crippen LogP contribution in [0.3, 0.4) is 0 Å². The number of unbranched alkanes of at least 4 members (excludes halogenated alkanes) is 2. The summed E-state index contributed by atoms with van der Waals surface area (Å²) in [6.45, 7) is 2.77. The lowest BCUT2D eigenvalue weighted by Gasteiger charge is -2.25. The van der Waals surface area contributed by atoms with Crippen molar-refractivity contribution in [1.29, 1.82) is 0 Å². The summed E-state index contributed by atoms with van der Waals surface area (Å²) in [5, 5.41) is 21.8. The molecule has 4 unspecified atom stereocenters. The van der Waals surface area contributed by atoms with E-state index >= 15 is 0 Å². The first-order valence-electron chi connectivity index (χ1n) is 13.3. The Morgan fingerprint density at radius 3 is 2.61 bits per heavy atom. The Labute approximate surface area is 200 Å². The van der Waals surface area contributed by atoms with Gasteiger partial charge in [-0.15, -0.1) is 0 Å². The molecule has 1 aliphatic carbocycles. The lowest BCUT2D eigenvalue weighted by atomic mass is 9.80. The van der Waals surface area contributed by atoms with Crippen LogP contribution in [0.2, 0.25) is 23.8 Å². The van der Waals surface area contributed by atoms with Crippen molar-refractivity contribution in [3.63, 3.8) is 0 Å². The smallest absolute Gasteiger partial charge is 0.390 e. The summed E-state index contributed by atoms with van der Waals surface area (Å²) < 4.78 is 1.44. The van der Waals surface area contributed by atoms with Crippen LogP contribution in [0, 0.1) is 16.0 Å². The molecule has 3 fully saturated rings. The molecule has 4 atom stereocenters. The minimum atomic E-state index is -0.637. The number of nitrogens with zero attached hydrogens (tertiary/aromatic N) is 4. The van der Waals surface area contributed by atoms with E-state index in [0.29, 0.717) is 6.54 Å². The average Bonchev–Trinajstić information content (AvgIpc) is 3.73. The van der Waals surface area contributed by atoms with Crippen LogP contribution in [0.4, 0.5) is 5.95 Å². The van der Waals surface area contributed by atoms with Gasteiger partial charge in [0.2, 0.25) is 0 Å². The molecule has 2 radical (unpaired) electrons. The van der Waals surface area contributed by atoms with Gasteiger partial charge in [-0.05, 0) is 36.8 Å². The summed E-state index contributed by atoms with van der Waals surface area (Å²) in [6.07, 6.45) is 18.2. The molecule has 2 saturated heterocycles. The third kappa shape index (κ3) is 8.13. The summed E-state index contributed by atoms with van der Waals surface area (Å²) in [6, 6.07) is 0. The normalized spacial score (nSPS) is 25.5. The lowest BCUT2D eigenvalue weighted by Crippen LogP contribution is -2.36. The second kappa shape index (κ2) is 12.4. The zero-order valence-electron chi connectivity index (χ0n) is 20.1. The average molecular weight is 454 g/mol. The van der Waals surface area contributed by atoms with Crippen LogP contribution in [0.1, 0.15) is 70.6 Å².